The van der Waals surface area contributed by atoms with Crippen LogP contribution < -0.4 is 20.4 Å². The maximum Gasteiger partial charge on any atom is 0.267 e. The molecule has 0 saturated heterocycles. The van der Waals surface area contributed by atoms with E-state index in [1.54, 1.807) is 65.0 Å². The molecule has 4 aromatic carbocycles. The highest BCUT2D eigenvalue weighted by molar-refractivity contribution is 6.22. The number of nitrogens with zero attached hydrogens (tertiary/aromatic N) is 11. The van der Waals surface area contributed by atoms with Gasteiger partial charge in [-0.1, -0.05) is 72.8 Å². The fourth-order valence-electron chi connectivity index (χ4n) is 10.0. The highest BCUT2D eigenvalue weighted by Crippen LogP contribution is 2.44. The summed E-state index contributed by atoms with van der Waals surface area (Å²) in [4.78, 5) is 59.7. The molecule has 1 fully saturated rings. The van der Waals surface area contributed by atoms with Crippen molar-refractivity contribution in [1.82, 2.24) is 34.3 Å². The van der Waals surface area contributed by atoms with Gasteiger partial charge in [0.15, 0.2) is 17.4 Å². The van der Waals surface area contributed by atoms with E-state index in [4.69, 9.17) is 20.2 Å². The van der Waals surface area contributed by atoms with Gasteiger partial charge < -0.3 is 10.6 Å². The van der Waals surface area contributed by atoms with Crippen LogP contribution in [0.5, 0.6) is 0 Å². The van der Waals surface area contributed by atoms with E-state index in [0.29, 0.717) is 82.9 Å². The number of Topliss-reactive ketones (excluding diaryl/α,β-unsaturated/α-hetero) is 1. The molecule has 364 valence electrons. The number of pyridine rings is 1. The van der Waals surface area contributed by atoms with Gasteiger partial charge in [0.05, 0.1) is 43.0 Å². The van der Waals surface area contributed by atoms with Gasteiger partial charge in [0.25, 0.3) is 11.8 Å². The zero-order valence-electron chi connectivity index (χ0n) is 40.3. The molecule has 72 heavy (non-hydrogen) atoms. The first kappa shape index (κ1) is 45.9. The summed E-state index contributed by atoms with van der Waals surface area (Å²) in [5.74, 6) is 2.45. The quantitative estimate of drug-likeness (QED) is 0.1000. The summed E-state index contributed by atoms with van der Waals surface area (Å²) >= 11 is 0. The summed E-state index contributed by atoms with van der Waals surface area (Å²) in [6.07, 6.45) is 3.19. The number of carbonyl (C=O) groups excluding carboxylic acids is 3. The number of ketones is 1. The number of amides is 2. The van der Waals surface area contributed by atoms with Gasteiger partial charge in [-0.2, -0.15) is 14.6 Å². The molecular weight excluding hydrogens is 917 g/mol. The van der Waals surface area contributed by atoms with E-state index >= 15 is 0 Å². The Balaban J connectivity index is 0.000000157. The third kappa shape index (κ3) is 8.41. The van der Waals surface area contributed by atoms with E-state index in [2.05, 4.69) is 20.5 Å². The van der Waals surface area contributed by atoms with Crippen molar-refractivity contribution in [1.29, 1.82) is 0 Å². The lowest BCUT2D eigenvalue weighted by Crippen LogP contribution is -2.51. The molecule has 7 heterocycles. The maximum atomic E-state index is 13.7. The summed E-state index contributed by atoms with van der Waals surface area (Å²) in [5, 5.41) is 16.6. The Kier molecular flexibility index (Phi) is 11.5. The first-order valence-electron chi connectivity index (χ1n) is 23.9. The number of rotatable bonds is 10. The van der Waals surface area contributed by atoms with Gasteiger partial charge in [-0.15, -0.1) is 0 Å². The SMILES string of the molecule is CC(=O)c1ccc(Cn2nc3c(c2Nc2ccc(F)cc2)C(=O)N(C)C2=NC(C)(C)CN23)cc1.CN1C(=O)c2c(nn(Cc3ccc(-c4cccc(F)n4)cc3)c2Nc2ccccc2)N2C1=N[C@@H]1CCC[C@@H]12. The predicted octanol–water partition coefficient (Wildman–Crippen LogP) is 9.12. The normalized spacial score (nSPS) is 18.1. The molecule has 0 radical (unpaired) electrons. The molecule has 0 unspecified atom stereocenters. The molecule has 2 amide bonds. The van der Waals surface area contributed by atoms with Crippen molar-refractivity contribution >= 4 is 64.2 Å². The van der Waals surface area contributed by atoms with E-state index in [1.807, 2.05) is 90.2 Å². The number of benzene rings is 4. The van der Waals surface area contributed by atoms with Crippen molar-refractivity contribution < 1.29 is 23.2 Å². The van der Waals surface area contributed by atoms with Crippen LogP contribution in [-0.2, 0) is 13.1 Å². The second kappa shape index (κ2) is 18.0. The molecule has 2 N–H and O–H groups in total. The summed E-state index contributed by atoms with van der Waals surface area (Å²) in [7, 11) is 3.50. The Morgan fingerprint density at radius 2 is 1.29 bits per heavy atom. The fourth-order valence-corrected chi connectivity index (χ4v) is 10.0. The van der Waals surface area contributed by atoms with Gasteiger partial charge in [0, 0.05) is 36.6 Å². The van der Waals surface area contributed by atoms with Gasteiger partial charge in [0.1, 0.15) is 28.6 Å². The third-order valence-electron chi connectivity index (χ3n) is 13.6. The number of hydrogen-bond donors (Lipinski definition) is 2. The number of hydrogen-bond acceptors (Lipinski definition) is 12. The molecule has 12 rings (SSSR count). The molecule has 5 aliphatic rings. The Labute approximate surface area is 414 Å². The lowest BCUT2D eigenvalue weighted by atomic mass is 10.1. The number of guanidine groups is 2. The van der Waals surface area contributed by atoms with Gasteiger partial charge >= 0.3 is 0 Å². The van der Waals surface area contributed by atoms with Crippen LogP contribution >= 0.6 is 0 Å². The molecule has 4 aliphatic heterocycles. The van der Waals surface area contributed by atoms with Crippen LogP contribution in [0, 0.1) is 11.8 Å². The van der Waals surface area contributed by atoms with Gasteiger partial charge in [0.2, 0.25) is 17.9 Å². The molecule has 3 aromatic heterocycles. The Morgan fingerprint density at radius 3 is 1.93 bits per heavy atom. The number of fused-ring (bicyclic) bond motifs is 8. The van der Waals surface area contributed by atoms with Crippen molar-refractivity contribution in [2.45, 2.75) is 70.7 Å². The minimum atomic E-state index is -0.505. The van der Waals surface area contributed by atoms with Crippen molar-refractivity contribution in [2.24, 2.45) is 9.98 Å². The standard InChI is InChI=1S/C29H26FN7O.C25H25FN6O2/c1-35-28(38)25-26(31-20-7-3-2-4-8-20)36(34-27(25)37-23-11-5-10-22(23)33-29(35)37)17-18-13-15-19(16-14-18)21-9-6-12-24(30)32-21;1-15(33)17-7-5-16(6-8-17)13-32-21(27-19-11-9-18(26)10-12-19)20-22(29-32)31-14-25(2,3)28-24(31)30(4)23(20)34/h2-4,6-9,12-16,22-23,31H,5,10-11,17H2,1H3;5-12,27H,13-14H2,1-4H3/t22-,23+;/m1./s1. The number of aliphatic imine (C=N–C) groups is 2. The molecule has 7 aromatic rings. The average Bonchev–Trinajstić information content (AvgIpc) is 4.20. The summed E-state index contributed by atoms with van der Waals surface area (Å²) in [6.45, 7) is 6.97. The van der Waals surface area contributed by atoms with E-state index in [-0.39, 0.29) is 41.0 Å². The van der Waals surface area contributed by atoms with Crippen LogP contribution in [0.4, 0.5) is 43.4 Å². The third-order valence-corrected chi connectivity index (χ3v) is 13.6. The van der Waals surface area contributed by atoms with Crippen LogP contribution in [-0.4, -0.2) is 102 Å². The van der Waals surface area contributed by atoms with Crippen LogP contribution in [0.15, 0.2) is 131 Å². The van der Waals surface area contributed by atoms with Gasteiger partial charge in [-0.05, 0) is 99.7 Å². The number of carbonyl (C=O) groups is 3. The summed E-state index contributed by atoms with van der Waals surface area (Å²) in [5.41, 5.74) is 6.10. The van der Waals surface area contributed by atoms with Crippen LogP contribution in [0.25, 0.3) is 11.3 Å². The van der Waals surface area contributed by atoms with E-state index < -0.39 is 5.95 Å². The largest absolute Gasteiger partial charge is 0.340 e. The van der Waals surface area contributed by atoms with E-state index in [0.717, 1.165) is 41.6 Å². The van der Waals surface area contributed by atoms with Crippen LogP contribution in [0.2, 0.25) is 0 Å². The van der Waals surface area contributed by atoms with Crippen molar-refractivity contribution in [3.05, 3.63) is 161 Å². The van der Waals surface area contributed by atoms with Crippen LogP contribution in [0.1, 0.15) is 82.2 Å². The van der Waals surface area contributed by atoms with Gasteiger partial charge in [-0.25, -0.2) is 28.7 Å². The Bertz CT molecular complexity index is 3330. The fraction of sp³-hybridized carbons (Fsp3) is 0.259. The minimum absolute atomic E-state index is 0.00290. The maximum absolute atomic E-state index is 13.7. The molecular formula is C54H51F2N13O3. The monoisotopic (exact) mass is 967 g/mol. The zero-order valence-corrected chi connectivity index (χ0v) is 40.3. The predicted molar refractivity (Wildman–Crippen MR) is 273 cm³/mol. The number of aromatic nitrogens is 5. The first-order valence-corrected chi connectivity index (χ1v) is 23.9. The lowest BCUT2D eigenvalue weighted by molar-refractivity contribution is 0.0858. The lowest BCUT2D eigenvalue weighted by Gasteiger charge is -2.34. The van der Waals surface area contributed by atoms with Crippen molar-refractivity contribution in [2.75, 3.05) is 41.1 Å². The molecule has 0 bridgehead atoms. The van der Waals surface area contributed by atoms with Crippen molar-refractivity contribution in [3.63, 3.8) is 0 Å². The molecule has 16 nitrogen and oxygen atoms in total. The average molecular weight is 968 g/mol. The smallest absolute Gasteiger partial charge is 0.267 e. The minimum Gasteiger partial charge on any atom is -0.340 e. The van der Waals surface area contributed by atoms with Crippen molar-refractivity contribution in [3.8, 4) is 11.3 Å². The Morgan fingerprint density at radius 1 is 0.694 bits per heavy atom. The number of anilines is 6. The molecule has 18 heteroatoms. The molecule has 0 spiro atoms. The summed E-state index contributed by atoms with van der Waals surface area (Å²) < 4.78 is 30.7. The highest BCUT2D eigenvalue weighted by atomic mass is 19.1. The number of para-hydroxylation sites is 1. The number of halogens is 2. The van der Waals surface area contributed by atoms with E-state index in [9.17, 15) is 23.2 Å². The summed E-state index contributed by atoms with van der Waals surface area (Å²) in [6, 6.07) is 36.1. The molecule has 2 atom stereocenters. The van der Waals surface area contributed by atoms with Crippen LogP contribution in [0.3, 0.4) is 0 Å². The first-order chi connectivity index (χ1) is 34.7. The van der Waals surface area contributed by atoms with E-state index in [1.165, 1.54) is 25.1 Å². The topological polar surface area (TPSA) is 161 Å². The molecule has 1 saturated carbocycles. The second-order valence-electron chi connectivity index (χ2n) is 19.2. The van der Waals surface area contributed by atoms with Gasteiger partial charge in [-0.3, -0.25) is 34.0 Å². The second-order valence-corrected chi connectivity index (χ2v) is 19.2. The Hall–Kier alpha value is -8.54. The number of nitrogens with one attached hydrogen (secondary N) is 2. The zero-order chi connectivity index (χ0) is 50.0. The highest BCUT2D eigenvalue weighted by Gasteiger charge is 2.50. The molecule has 1 aliphatic carbocycles.